The van der Waals surface area contributed by atoms with Gasteiger partial charge in [0.05, 0.1) is 0 Å². The lowest BCUT2D eigenvalue weighted by Gasteiger charge is -2.14. The first kappa shape index (κ1) is 12.2. The normalized spacial score (nSPS) is 15.9. The Balaban J connectivity index is 3.89. The molecule has 0 rings (SSSR count). The molecule has 0 radical (unpaired) electrons. The molecular formula is C10H19NO2. The Morgan fingerprint density at radius 1 is 1.62 bits per heavy atom. The van der Waals surface area contributed by atoms with Crippen molar-refractivity contribution in [2.24, 2.45) is 17.6 Å². The summed E-state index contributed by atoms with van der Waals surface area (Å²) in [4.78, 5) is 10.4. The Bertz CT molecular complexity index is 178. The topological polar surface area (TPSA) is 63.3 Å². The van der Waals surface area contributed by atoms with Crippen LogP contribution in [0.3, 0.4) is 0 Å². The van der Waals surface area contributed by atoms with Crippen molar-refractivity contribution in [3.05, 3.63) is 12.2 Å². The fraction of sp³-hybridized carbons (Fsp3) is 0.700. The zero-order valence-electron chi connectivity index (χ0n) is 8.36. The first-order valence-corrected chi connectivity index (χ1v) is 4.64. The molecule has 0 amide bonds. The van der Waals surface area contributed by atoms with Gasteiger partial charge in [-0.15, -0.1) is 0 Å². The fourth-order valence-electron chi connectivity index (χ4n) is 1.44. The number of hydrogen-bond donors (Lipinski definition) is 2. The van der Waals surface area contributed by atoms with E-state index in [1.165, 1.54) is 0 Å². The van der Waals surface area contributed by atoms with Crippen molar-refractivity contribution < 1.29 is 9.90 Å². The van der Waals surface area contributed by atoms with Crippen LogP contribution in [-0.2, 0) is 4.79 Å². The Labute approximate surface area is 79.6 Å². The van der Waals surface area contributed by atoms with Gasteiger partial charge in [-0.3, -0.25) is 4.79 Å². The smallest absolute Gasteiger partial charge is 0.303 e. The van der Waals surface area contributed by atoms with Gasteiger partial charge in [-0.05, 0) is 31.7 Å². The fourth-order valence-corrected chi connectivity index (χ4v) is 1.44. The van der Waals surface area contributed by atoms with E-state index in [0.29, 0.717) is 12.5 Å². The minimum atomic E-state index is -0.761. The van der Waals surface area contributed by atoms with E-state index in [2.05, 4.69) is 13.0 Å². The molecule has 0 fully saturated rings. The second-order valence-electron chi connectivity index (χ2n) is 3.44. The number of aliphatic carboxylic acids is 1. The molecule has 3 nitrogen and oxygen atoms in total. The van der Waals surface area contributed by atoms with Gasteiger partial charge < -0.3 is 10.8 Å². The summed E-state index contributed by atoms with van der Waals surface area (Å²) in [5, 5.41) is 8.58. The van der Waals surface area contributed by atoms with Gasteiger partial charge in [0.1, 0.15) is 0 Å². The van der Waals surface area contributed by atoms with Crippen LogP contribution in [-0.4, -0.2) is 17.6 Å². The molecule has 2 unspecified atom stereocenters. The standard InChI is InChI=1S/C10H19NO2/c1-3-4-8(2)5-9(7-11)6-10(12)13/h3-4,8-9H,5-7,11H2,1-2H3,(H,12,13)/b4-3-. The Kier molecular flexibility index (Phi) is 6.24. The van der Waals surface area contributed by atoms with Crippen LogP contribution in [0.5, 0.6) is 0 Å². The van der Waals surface area contributed by atoms with Gasteiger partial charge in [-0.2, -0.15) is 0 Å². The molecule has 3 heteroatoms. The van der Waals surface area contributed by atoms with Gasteiger partial charge in [0.2, 0.25) is 0 Å². The maximum Gasteiger partial charge on any atom is 0.303 e. The van der Waals surface area contributed by atoms with Gasteiger partial charge in [-0.25, -0.2) is 0 Å². The minimum Gasteiger partial charge on any atom is -0.481 e. The van der Waals surface area contributed by atoms with E-state index in [9.17, 15) is 4.79 Å². The molecule has 3 N–H and O–H groups in total. The Hall–Kier alpha value is -0.830. The lowest BCUT2D eigenvalue weighted by atomic mass is 9.93. The summed E-state index contributed by atoms with van der Waals surface area (Å²) in [5.41, 5.74) is 5.48. The van der Waals surface area contributed by atoms with Gasteiger partial charge >= 0.3 is 5.97 Å². The van der Waals surface area contributed by atoms with Gasteiger partial charge in [-0.1, -0.05) is 19.1 Å². The summed E-state index contributed by atoms with van der Waals surface area (Å²) in [5.74, 6) is -0.246. The van der Waals surface area contributed by atoms with Crippen LogP contribution in [0.1, 0.15) is 26.7 Å². The summed E-state index contributed by atoms with van der Waals surface area (Å²) < 4.78 is 0. The predicted molar refractivity (Wildman–Crippen MR) is 53.4 cm³/mol. The third-order valence-corrected chi connectivity index (χ3v) is 2.02. The van der Waals surface area contributed by atoms with Crippen LogP contribution in [0.2, 0.25) is 0 Å². The third-order valence-electron chi connectivity index (χ3n) is 2.02. The van der Waals surface area contributed by atoms with Crippen LogP contribution in [0.4, 0.5) is 0 Å². The highest BCUT2D eigenvalue weighted by molar-refractivity contribution is 5.67. The minimum absolute atomic E-state index is 0.101. The third kappa shape index (κ3) is 6.34. The molecule has 0 saturated carbocycles. The summed E-state index contributed by atoms with van der Waals surface area (Å²) in [6, 6.07) is 0. The number of hydrogen-bond acceptors (Lipinski definition) is 2. The quantitative estimate of drug-likeness (QED) is 0.618. The maximum atomic E-state index is 10.4. The van der Waals surface area contributed by atoms with Crippen molar-refractivity contribution in [1.29, 1.82) is 0 Å². The van der Waals surface area contributed by atoms with E-state index >= 15 is 0 Å². The molecule has 0 spiro atoms. The van der Waals surface area contributed by atoms with E-state index in [1.807, 2.05) is 13.0 Å². The average Bonchev–Trinajstić information content (AvgIpc) is 2.02. The SMILES string of the molecule is C/C=C\C(C)CC(CN)CC(=O)O. The largest absolute Gasteiger partial charge is 0.481 e. The van der Waals surface area contributed by atoms with Crippen LogP contribution in [0.15, 0.2) is 12.2 Å². The van der Waals surface area contributed by atoms with Crippen LogP contribution < -0.4 is 5.73 Å². The first-order chi connectivity index (χ1) is 6.10. The van der Waals surface area contributed by atoms with Crippen LogP contribution in [0, 0.1) is 11.8 Å². The maximum absolute atomic E-state index is 10.4. The van der Waals surface area contributed by atoms with Crippen molar-refractivity contribution in [2.75, 3.05) is 6.54 Å². The van der Waals surface area contributed by atoms with E-state index in [-0.39, 0.29) is 12.3 Å². The monoisotopic (exact) mass is 185 g/mol. The van der Waals surface area contributed by atoms with Crippen molar-refractivity contribution in [3.63, 3.8) is 0 Å². The average molecular weight is 185 g/mol. The summed E-state index contributed by atoms with van der Waals surface area (Å²) in [6.45, 7) is 4.49. The summed E-state index contributed by atoms with van der Waals surface area (Å²) in [7, 11) is 0. The first-order valence-electron chi connectivity index (χ1n) is 4.64. The predicted octanol–water partition coefficient (Wildman–Crippen LogP) is 1.64. The summed E-state index contributed by atoms with van der Waals surface area (Å²) >= 11 is 0. The van der Waals surface area contributed by atoms with Gasteiger partial charge in [0, 0.05) is 6.42 Å². The zero-order valence-corrected chi connectivity index (χ0v) is 8.36. The highest BCUT2D eigenvalue weighted by Gasteiger charge is 2.13. The number of carbonyl (C=O) groups is 1. The zero-order chi connectivity index (χ0) is 10.3. The molecule has 0 aliphatic heterocycles. The van der Waals surface area contributed by atoms with Crippen LogP contribution in [0.25, 0.3) is 0 Å². The Morgan fingerprint density at radius 3 is 2.62 bits per heavy atom. The molecule has 0 aromatic carbocycles. The molecule has 76 valence electrons. The van der Waals surface area contributed by atoms with Crippen molar-refractivity contribution in [2.45, 2.75) is 26.7 Å². The van der Waals surface area contributed by atoms with Crippen molar-refractivity contribution in [3.8, 4) is 0 Å². The Morgan fingerprint density at radius 2 is 2.23 bits per heavy atom. The molecular weight excluding hydrogens is 166 g/mol. The second-order valence-corrected chi connectivity index (χ2v) is 3.44. The molecule has 0 bridgehead atoms. The van der Waals surface area contributed by atoms with Gasteiger partial charge in [0.15, 0.2) is 0 Å². The molecule has 0 aromatic rings. The number of carboxylic acid groups (broad SMARTS) is 1. The molecule has 13 heavy (non-hydrogen) atoms. The molecule has 2 atom stereocenters. The van der Waals surface area contributed by atoms with E-state index < -0.39 is 5.97 Å². The molecule has 0 aliphatic carbocycles. The summed E-state index contributed by atoms with van der Waals surface area (Å²) in [6.07, 6.45) is 5.09. The van der Waals surface area contributed by atoms with E-state index in [4.69, 9.17) is 10.8 Å². The highest BCUT2D eigenvalue weighted by Crippen LogP contribution is 2.15. The lowest BCUT2D eigenvalue weighted by Crippen LogP contribution is -2.19. The van der Waals surface area contributed by atoms with Gasteiger partial charge in [0.25, 0.3) is 0 Å². The number of allylic oxidation sites excluding steroid dienone is 2. The van der Waals surface area contributed by atoms with E-state index in [0.717, 1.165) is 6.42 Å². The van der Waals surface area contributed by atoms with E-state index in [1.54, 1.807) is 0 Å². The molecule has 0 aliphatic rings. The second kappa shape index (κ2) is 6.66. The van der Waals surface area contributed by atoms with Crippen molar-refractivity contribution in [1.82, 2.24) is 0 Å². The molecule has 0 saturated heterocycles. The number of rotatable bonds is 6. The number of nitrogens with two attached hydrogens (primary N) is 1. The lowest BCUT2D eigenvalue weighted by molar-refractivity contribution is -0.138. The molecule has 0 aromatic heterocycles. The van der Waals surface area contributed by atoms with Crippen molar-refractivity contribution >= 4 is 5.97 Å². The molecule has 0 heterocycles. The number of carboxylic acids is 1. The van der Waals surface area contributed by atoms with Crippen LogP contribution >= 0.6 is 0 Å². The highest BCUT2D eigenvalue weighted by atomic mass is 16.4.